The molecule has 0 unspecified atom stereocenters. The van der Waals surface area contributed by atoms with Gasteiger partial charge >= 0.3 is 7.60 Å². The molecule has 0 amide bonds. The third-order valence-corrected chi connectivity index (χ3v) is 11.0. The van der Waals surface area contributed by atoms with E-state index in [2.05, 4.69) is 38.7 Å². The van der Waals surface area contributed by atoms with Gasteiger partial charge in [0.05, 0.1) is 36.7 Å². The van der Waals surface area contributed by atoms with Crippen LogP contribution in [0.1, 0.15) is 86.5 Å². The van der Waals surface area contributed by atoms with Crippen molar-refractivity contribution in [3.05, 3.63) is 47.6 Å². The first-order valence-electron chi connectivity index (χ1n) is 14.5. The Labute approximate surface area is 230 Å². The number of fused-ring (bicyclic) bond motifs is 1. The lowest BCUT2D eigenvalue weighted by Crippen LogP contribution is -2.35. The van der Waals surface area contributed by atoms with E-state index < -0.39 is 25.9 Å². The number of aliphatic hydroxyl groups excluding tert-OH is 3. The molecule has 3 N–H and O–H groups in total. The predicted molar refractivity (Wildman–Crippen MR) is 154 cm³/mol. The maximum Gasteiger partial charge on any atom is 0.334 e. The molecule has 0 heterocycles. The molecule has 0 aromatic carbocycles. The third-order valence-electron chi connectivity index (χ3n) is 8.73. The SMILES string of the molecule is C=C1/C(=C\C=C2/CCC[C@]3(C)[C@@H]([C@H](C)/C=C/[C@@H](O)CP(=O)(OC(C)C)OC(C)C)CC[C@@H]23)C[C@@H](O)C[C@@H]1O. The van der Waals surface area contributed by atoms with Crippen LogP contribution < -0.4 is 0 Å². The summed E-state index contributed by atoms with van der Waals surface area (Å²) in [6.07, 6.45) is 12.2. The van der Waals surface area contributed by atoms with Crippen molar-refractivity contribution in [2.75, 3.05) is 6.16 Å². The van der Waals surface area contributed by atoms with Crippen LogP contribution in [0.3, 0.4) is 0 Å². The Kier molecular flexibility index (Phi) is 10.9. The van der Waals surface area contributed by atoms with E-state index in [0.29, 0.717) is 24.7 Å². The Hall–Kier alpha value is -1.01. The molecule has 0 spiro atoms. The molecule has 38 heavy (non-hydrogen) atoms. The average molecular weight is 551 g/mol. The van der Waals surface area contributed by atoms with Crippen molar-refractivity contribution < 1.29 is 28.9 Å². The van der Waals surface area contributed by atoms with E-state index >= 15 is 0 Å². The van der Waals surface area contributed by atoms with Crippen molar-refractivity contribution in [2.45, 2.75) is 117 Å². The summed E-state index contributed by atoms with van der Waals surface area (Å²) in [6, 6.07) is 0. The van der Waals surface area contributed by atoms with Gasteiger partial charge in [-0.1, -0.05) is 50.3 Å². The van der Waals surface area contributed by atoms with Crippen molar-refractivity contribution in [2.24, 2.45) is 23.2 Å². The fourth-order valence-corrected chi connectivity index (χ4v) is 9.18. The van der Waals surface area contributed by atoms with Gasteiger partial charge in [-0.2, -0.15) is 0 Å². The molecule has 0 aromatic rings. The van der Waals surface area contributed by atoms with E-state index in [9.17, 15) is 19.9 Å². The van der Waals surface area contributed by atoms with Crippen molar-refractivity contribution in [1.29, 1.82) is 0 Å². The zero-order valence-electron chi connectivity index (χ0n) is 24.3. The highest BCUT2D eigenvalue weighted by Gasteiger charge is 2.50. The summed E-state index contributed by atoms with van der Waals surface area (Å²) >= 11 is 0. The van der Waals surface area contributed by atoms with Gasteiger partial charge in [0.25, 0.3) is 0 Å². The van der Waals surface area contributed by atoms with Crippen LogP contribution >= 0.6 is 7.60 Å². The summed E-state index contributed by atoms with van der Waals surface area (Å²) in [6.45, 7) is 16.0. The van der Waals surface area contributed by atoms with Crippen molar-refractivity contribution in [1.82, 2.24) is 0 Å². The smallest absolute Gasteiger partial charge is 0.334 e. The van der Waals surface area contributed by atoms with E-state index in [0.717, 1.165) is 36.8 Å². The maximum absolute atomic E-state index is 13.2. The standard InChI is InChI=1S/C31H51O6P/c1-20(2)36-38(35,37-21(3)4)19-26(32)13-10-22(5)28-14-15-29-24(9-8-16-31(28,29)7)11-12-25-17-27(33)18-30(34)23(25)6/h10-13,20-22,26-30,32-34H,6,8-9,14-19H2,1-5,7H3/b13-10+,24-11+,25-12-/t22-,26-,27-,28-,29+,30+,31-/m1/s1. The van der Waals surface area contributed by atoms with Crippen molar-refractivity contribution >= 4 is 7.60 Å². The summed E-state index contributed by atoms with van der Waals surface area (Å²) in [4.78, 5) is 0. The molecule has 0 radical (unpaired) electrons. The van der Waals surface area contributed by atoms with Gasteiger partial charge in [-0.25, -0.2) is 0 Å². The minimum atomic E-state index is -3.40. The van der Waals surface area contributed by atoms with E-state index in [1.54, 1.807) is 6.08 Å². The maximum atomic E-state index is 13.2. The third kappa shape index (κ3) is 7.80. The Morgan fingerprint density at radius 1 is 1.08 bits per heavy atom. The van der Waals surface area contributed by atoms with Gasteiger partial charge < -0.3 is 24.4 Å². The molecule has 0 bridgehead atoms. The number of hydrogen-bond donors (Lipinski definition) is 3. The first-order chi connectivity index (χ1) is 17.7. The highest BCUT2D eigenvalue weighted by atomic mass is 31.2. The summed E-state index contributed by atoms with van der Waals surface area (Å²) in [5.74, 6) is 1.27. The molecule has 0 saturated heterocycles. The van der Waals surface area contributed by atoms with E-state index in [-0.39, 0.29) is 29.7 Å². The largest absolute Gasteiger partial charge is 0.393 e. The number of aliphatic hydroxyl groups is 3. The molecule has 0 aromatic heterocycles. The first kappa shape index (κ1) is 31.5. The van der Waals surface area contributed by atoms with Gasteiger partial charge in [0, 0.05) is 6.42 Å². The van der Waals surface area contributed by atoms with Crippen molar-refractivity contribution in [3.63, 3.8) is 0 Å². The van der Waals surface area contributed by atoms with E-state index in [1.165, 1.54) is 12.0 Å². The number of hydrogen-bond acceptors (Lipinski definition) is 6. The molecule has 3 fully saturated rings. The lowest BCUT2D eigenvalue weighted by Gasteiger charge is -2.44. The summed E-state index contributed by atoms with van der Waals surface area (Å²) < 4.78 is 24.4. The summed E-state index contributed by atoms with van der Waals surface area (Å²) in [5.41, 5.74) is 3.33. The zero-order valence-corrected chi connectivity index (χ0v) is 25.2. The van der Waals surface area contributed by atoms with Crippen LogP contribution in [-0.2, 0) is 13.6 Å². The van der Waals surface area contributed by atoms with Gasteiger partial charge in [0.15, 0.2) is 0 Å². The highest BCUT2D eigenvalue weighted by Crippen LogP contribution is 2.59. The van der Waals surface area contributed by atoms with Crippen LogP contribution in [0.2, 0.25) is 0 Å². The van der Waals surface area contributed by atoms with Gasteiger partial charge in [-0.3, -0.25) is 4.57 Å². The fourth-order valence-electron chi connectivity index (χ4n) is 7.09. The average Bonchev–Trinajstić information content (AvgIpc) is 3.15. The molecule has 3 rings (SSSR count). The number of rotatable bonds is 10. The number of allylic oxidation sites excluding steroid dienone is 4. The molecule has 216 valence electrons. The van der Waals surface area contributed by atoms with Crippen LogP contribution in [0.4, 0.5) is 0 Å². The molecule has 7 atom stereocenters. The Morgan fingerprint density at radius 2 is 1.74 bits per heavy atom. The van der Waals surface area contributed by atoms with Crippen LogP contribution in [0.15, 0.2) is 47.6 Å². The zero-order chi connectivity index (χ0) is 28.3. The van der Waals surface area contributed by atoms with Gasteiger partial charge in [-0.05, 0) is 101 Å². The topological polar surface area (TPSA) is 96.2 Å². The molecule has 6 nitrogen and oxygen atoms in total. The summed E-state index contributed by atoms with van der Waals surface area (Å²) in [5, 5.41) is 31.0. The predicted octanol–water partition coefficient (Wildman–Crippen LogP) is 6.72. The molecule has 3 aliphatic carbocycles. The quantitative estimate of drug-likeness (QED) is 0.206. The Bertz CT molecular complexity index is 951. The normalized spacial score (nSPS) is 34.6. The highest BCUT2D eigenvalue weighted by molar-refractivity contribution is 7.53. The minimum Gasteiger partial charge on any atom is -0.393 e. The second-order valence-corrected chi connectivity index (χ2v) is 14.6. The molecule has 3 aliphatic rings. The first-order valence-corrected chi connectivity index (χ1v) is 16.2. The van der Waals surface area contributed by atoms with Crippen LogP contribution in [0.25, 0.3) is 0 Å². The lowest BCUT2D eigenvalue weighted by atomic mass is 9.61. The van der Waals surface area contributed by atoms with E-state index in [1.807, 2.05) is 27.7 Å². The van der Waals surface area contributed by atoms with Gasteiger partial charge in [0.2, 0.25) is 0 Å². The molecule has 3 saturated carbocycles. The molecule has 0 aliphatic heterocycles. The van der Waals surface area contributed by atoms with Gasteiger partial charge in [-0.15, -0.1) is 0 Å². The van der Waals surface area contributed by atoms with Crippen LogP contribution in [0.5, 0.6) is 0 Å². The monoisotopic (exact) mass is 550 g/mol. The lowest BCUT2D eigenvalue weighted by molar-refractivity contribution is 0.0862. The van der Waals surface area contributed by atoms with E-state index in [4.69, 9.17) is 9.05 Å². The van der Waals surface area contributed by atoms with Gasteiger partial charge in [0.1, 0.15) is 0 Å². The Balaban J connectivity index is 1.69. The minimum absolute atomic E-state index is 0.0482. The molecular formula is C31H51O6P. The second kappa shape index (κ2) is 13.1. The fraction of sp³-hybridized carbons (Fsp3) is 0.742. The molecular weight excluding hydrogens is 499 g/mol. The Morgan fingerprint density at radius 3 is 2.37 bits per heavy atom. The van der Waals surface area contributed by atoms with Crippen molar-refractivity contribution in [3.8, 4) is 0 Å². The second-order valence-electron chi connectivity index (χ2n) is 12.6. The summed E-state index contributed by atoms with van der Waals surface area (Å²) in [7, 11) is -3.40. The van der Waals surface area contributed by atoms with Crippen LogP contribution in [0, 0.1) is 23.2 Å². The van der Waals surface area contributed by atoms with Crippen LogP contribution in [-0.4, -0.2) is 52.0 Å². The molecule has 7 heteroatoms.